The van der Waals surface area contributed by atoms with Crippen molar-refractivity contribution in [1.29, 1.82) is 0 Å². The van der Waals surface area contributed by atoms with E-state index in [2.05, 4.69) is 44.9 Å². The molecule has 0 spiro atoms. The Morgan fingerprint density at radius 2 is 2.12 bits per heavy atom. The monoisotopic (exact) mass is 343 g/mol. The van der Waals surface area contributed by atoms with Gasteiger partial charge in [0.2, 0.25) is 0 Å². The molecule has 2 saturated heterocycles. The van der Waals surface area contributed by atoms with Crippen LogP contribution in [0.4, 0.5) is 0 Å². The van der Waals surface area contributed by atoms with Gasteiger partial charge in [0.15, 0.2) is 0 Å². The maximum absolute atomic E-state index is 12.3. The Labute approximate surface area is 152 Å². The number of carbonyl (C=O) groups is 1. The van der Waals surface area contributed by atoms with Gasteiger partial charge in [-0.2, -0.15) is 0 Å². The van der Waals surface area contributed by atoms with Crippen molar-refractivity contribution in [3.8, 4) is 0 Å². The summed E-state index contributed by atoms with van der Waals surface area (Å²) < 4.78 is 5.64. The van der Waals surface area contributed by atoms with Gasteiger partial charge in [0.1, 0.15) is 6.10 Å². The van der Waals surface area contributed by atoms with Gasteiger partial charge in [0.25, 0.3) is 0 Å². The summed E-state index contributed by atoms with van der Waals surface area (Å²) in [5, 5.41) is 0. The SMILES string of the molecule is C[C@@H]1OC(=O)[C@H]2C=C3CCCC[C@@H]3/C(=C/CC3CCC(C)(C)N3C)[C@@H]12. The Bertz CT molecular complexity index is 618. The zero-order chi connectivity index (χ0) is 17.8. The highest BCUT2D eigenvalue weighted by molar-refractivity contribution is 5.79. The third kappa shape index (κ3) is 2.89. The summed E-state index contributed by atoms with van der Waals surface area (Å²) in [5.74, 6) is 0.827. The van der Waals surface area contributed by atoms with Gasteiger partial charge in [0.05, 0.1) is 5.92 Å². The lowest BCUT2D eigenvalue weighted by atomic mass is 9.65. The highest BCUT2D eigenvalue weighted by Crippen LogP contribution is 2.49. The van der Waals surface area contributed by atoms with Crippen LogP contribution in [-0.2, 0) is 9.53 Å². The summed E-state index contributed by atoms with van der Waals surface area (Å²) in [6, 6.07) is 0.632. The summed E-state index contributed by atoms with van der Waals surface area (Å²) in [6.07, 6.45) is 13.5. The molecular weight excluding hydrogens is 310 g/mol. The molecule has 3 heteroatoms. The Morgan fingerprint density at radius 1 is 1.32 bits per heavy atom. The van der Waals surface area contributed by atoms with Crippen LogP contribution in [0.1, 0.15) is 65.7 Å². The van der Waals surface area contributed by atoms with E-state index in [0.29, 0.717) is 17.5 Å². The van der Waals surface area contributed by atoms with Crippen molar-refractivity contribution in [1.82, 2.24) is 4.90 Å². The molecule has 0 aromatic carbocycles. The quantitative estimate of drug-likeness (QED) is 0.547. The molecule has 1 unspecified atom stereocenters. The number of rotatable bonds is 2. The van der Waals surface area contributed by atoms with Crippen molar-refractivity contribution in [2.24, 2.45) is 17.8 Å². The normalized spacial score (nSPS) is 42.1. The molecule has 138 valence electrons. The molecule has 0 amide bonds. The fraction of sp³-hybridized carbons (Fsp3) is 0.773. The average molecular weight is 344 g/mol. The summed E-state index contributed by atoms with van der Waals surface area (Å²) >= 11 is 0. The third-order valence-corrected chi connectivity index (χ3v) is 7.52. The van der Waals surface area contributed by atoms with E-state index < -0.39 is 0 Å². The number of likely N-dealkylation sites (tertiary alicyclic amines) is 1. The lowest BCUT2D eigenvalue weighted by molar-refractivity contribution is -0.142. The minimum absolute atomic E-state index is 0.000888. The van der Waals surface area contributed by atoms with Gasteiger partial charge < -0.3 is 4.74 Å². The second-order valence-electron chi connectivity index (χ2n) is 9.29. The predicted molar refractivity (Wildman–Crippen MR) is 100 cm³/mol. The minimum atomic E-state index is -0.0247. The number of fused-ring (bicyclic) bond motifs is 2. The van der Waals surface area contributed by atoms with Crippen molar-refractivity contribution in [3.63, 3.8) is 0 Å². The number of allylic oxidation sites excluding steroid dienone is 1. The highest BCUT2D eigenvalue weighted by atomic mass is 16.6. The molecule has 0 radical (unpaired) electrons. The minimum Gasteiger partial charge on any atom is -0.462 e. The molecule has 0 aromatic rings. The summed E-state index contributed by atoms with van der Waals surface area (Å²) in [5.41, 5.74) is 3.36. The van der Waals surface area contributed by atoms with Crippen LogP contribution in [0.3, 0.4) is 0 Å². The van der Waals surface area contributed by atoms with Crippen LogP contribution in [0.5, 0.6) is 0 Å². The molecule has 2 aliphatic carbocycles. The molecule has 4 rings (SSSR count). The average Bonchev–Trinajstić information content (AvgIpc) is 3.01. The molecule has 4 aliphatic rings. The van der Waals surface area contributed by atoms with E-state index in [1.54, 1.807) is 0 Å². The number of cyclic esters (lactones) is 1. The Balaban J connectivity index is 1.62. The van der Waals surface area contributed by atoms with E-state index in [1.165, 1.54) is 49.7 Å². The van der Waals surface area contributed by atoms with Crippen LogP contribution in [0, 0.1) is 17.8 Å². The van der Waals surface area contributed by atoms with Gasteiger partial charge in [-0.25, -0.2) is 0 Å². The van der Waals surface area contributed by atoms with Crippen molar-refractivity contribution < 1.29 is 9.53 Å². The molecule has 1 saturated carbocycles. The highest BCUT2D eigenvalue weighted by Gasteiger charge is 2.48. The third-order valence-electron chi connectivity index (χ3n) is 7.52. The van der Waals surface area contributed by atoms with E-state index in [9.17, 15) is 4.79 Å². The fourth-order valence-corrected chi connectivity index (χ4v) is 5.71. The zero-order valence-corrected chi connectivity index (χ0v) is 16.3. The van der Waals surface area contributed by atoms with Gasteiger partial charge >= 0.3 is 5.97 Å². The summed E-state index contributed by atoms with van der Waals surface area (Å²) in [7, 11) is 2.27. The summed E-state index contributed by atoms with van der Waals surface area (Å²) in [6.45, 7) is 6.79. The molecule has 0 bridgehead atoms. The van der Waals surface area contributed by atoms with Crippen molar-refractivity contribution in [2.45, 2.75) is 83.4 Å². The first-order valence-corrected chi connectivity index (χ1v) is 10.2. The molecule has 2 heterocycles. The first kappa shape index (κ1) is 17.3. The zero-order valence-electron chi connectivity index (χ0n) is 16.3. The maximum atomic E-state index is 12.3. The van der Waals surface area contributed by atoms with Gasteiger partial charge in [0, 0.05) is 23.4 Å². The second kappa shape index (κ2) is 6.26. The van der Waals surface area contributed by atoms with Crippen LogP contribution in [0.2, 0.25) is 0 Å². The second-order valence-corrected chi connectivity index (χ2v) is 9.29. The molecule has 3 fully saturated rings. The van der Waals surface area contributed by atoms with Crippen molar-refractivity contribution >= 4 is 5.97 Å². The Kier molecular flexibility index (Phi) is 4.34. The molecule has 25 heavy (non-hydrogen) atoms. The van der Waals surface area contributed by atoms with Gasteiger partial charge in [-0.05, 0) is 66.3 Å². The number of ether oxygens (including phenoxy) is 1. The van der Waals surface area contributed by atoms with Crippen molar-refractivity contribution in [2.75, 3.05) is 7.05 Å². The maximum Gasteiger partial charge on any atom is 0.313 e. The van der Waals surface area contributed by atoms with Crippen LogP contribution in [0.25, 0.3) is 0 Å². The van der Waals surface area contributed by atoms with Crippen LogP contribution in [0.15, 0.2) is 23.3 Å². The number of hydrogen-bond donors (Lipinski definition) is 0. The largest absolute Gasteiger partial charge is 0.462 e. The van der Waals surface area contributed by atoms with Gasteiger partial charge in [-0.3, -0.25) is 9.69 Å². The summed E-state index contributed by atoms with van der Waals surface area (Å²) in [4.78, 5) is 14.9. The molecule has 3 nitrogen and oxygen atoms in total. The van der Waals surface area contributed by atoms with Crippen LogP contribution in [-0.4, -0.2) is 35.6 Å². The van der Waals surface area contributed by atoms with E-state index >= 15 is 0 Å². The standard InChI is InChI=1S/C22H33NO2/c1-14-20-18(10-9-16-11-12-22(2,3)23(16)4)17-8-6-5-7-15(17)13-19(20)21(24)25-14/h10,13-14,16-17,19-20H,5-9,11-12H2,1-4H3/b18-10-/t14-,16?,17-,19-,20+/m0/s1. The first-order chi connectivity index (χ1) is 11.9. The molecular formula is C22H33NO2. The van der Waals surface area contributed by atoms with Gasteiger partial charge in [-0.15, -0.1) is 0 Å². The smallest absolute Gasteiger partial charge is 0.313 e. The number of hydrogen-bond acceptors (Lipinski definition) is 3. The van der Waals surface area contributed by atoms with E-state index in [4.69, 9.17) is 4.74 Å². The molecule has 0 N–H and O–H groups in total. The fourth-order valence-electron chi connectivity index (χ4n) is 5.71. The lowest BCUT2D eigenvalue weighted by Gasteiger charge is -2.38. The first-order valence-electron chi connectivity index (χ1n) is 10.2. The van der Waals surface area contributed by atoms with Gasteiger partial charge in [-0.1, -0.05) is 29.7 Å². The van der Waals surface area contributed by atoms with E-state index in [1.807, 2.05) is 0 Å². The number of esters is 1. The molecule has 2 aliphatic heterocycles. The number of carbonyl (C=O) groups excluding carboxylic acids is 1. The van der Waals surface area contributed by atoms with Crippen LogP contribution < -0.4 is 0 Å². The molecule has 5 atom stereocenters. The van der Waals surface area contributed by atoms with E-state index in [-0.39, 0.29) is 23.9 Å². The predicted octanol–water partition coefficient (Wildman–Crippen LogP) is 4.48. The van der Waals surface area contributed by atoms with Crippen molar-refractivity contribution in [3.05, 3.63) is 23.3 Å². The topological polar surface area (TPSA) is 29.5 Å². The van der Waals surface area contributed by atoms with Crippen LogP contribution >= 0.6 is 0 Å². The lowest BCUT2D eigenvalue weighted by Crippen LogP contribution is -2.39. The molecule has 0 aromatic heterocycles. The Hall–Kier alpha value is -1.09. The van der Waals surface area contributed by atoms with E-state index in [0.717, 1.165) is 6.42 Å². The Morgan fingerprint density at radius 3 is 2.84 bits per heavy atom. The number of nitrogens with zero attached hydrogens (tertiary/aromatic N) is 1.